The molecule has 0 spiro atoms. The number of nitrogens with zero attached hydrogens (tertiary/aromatic N) is 3. The van der Waals surface area contributed by atoms with Crippen molar-refractivity contribution in [2.75, 3.05) is 26.2 Å². The maximum Gasteiger partial charge on any atom is 0.320 e. The van der Waals surface area contributed by atoms with E-state index in [4.69, 9.17) is 5.26 Å². The maximum atomic E-state index is 14.0. The summed E-state index contributed by atoms with van der Waals surface area (Å²) in [6.45, 7) is 3.09. The van der Waals surface area contributed by atoms with Crippen LogP contribution in [0.1, 0.15) is 11.1 Å². The van der Waals surface area contributed by atoms with E-state index >= 15 is 0 Å². The quantitative estimate of drug-likeness (QED) is 0.872. The zero-order valence-electron chi connectivity index (χ0n) is 11.0. The van der Waals surface area contributed by atoms with Crippen molar-refractivity contribution in [3.63, 3.8) is 0 Å². The highest BCUT2D eigenvalue weighted by Crippen LogP contribution is 2.21. The van der Waals surface area contributed by atoms with Crippen LogP contribution in [0.5, 0.6) is 0 Å². The van der Waals surface area contributed by atoms with Gasteiger partial charge in [0.1, 0.15) is 11.9 Å². The Morgan fingerprint density at radius 2 is 2.35 bits per heavy atom. The number of nitriles is 1. The third-order valence-corrected chi connectivity index (χ3v) is 3.86. The first-order valence-corrected chi connectivity index (χ1v) is 6.64. The van der Waals surface area contributed by atoms with E-state index in [2.05, 4.69) is 5.32 Å². The highest BCUT2D eigenvalue weighted by molar-refractivity contribution is 5.77. The number of carbonyl (C=O) groups excluding carboxylic acids is 1. The van der Waals surface area contributed by atoms with E-state index in [1.165, 1.54) is 6.07 Å². The van der Waals surface area contributed by atoms with Crippen molar-refractivity contribution in [2.45, 2.75) is 12.6 Å². The summed E-state index contributed by atoms with van der Waals surface area (Å²) in [5.41, 5.74) is 0.416. The normalized spacial score (nSPS) is 21.8. The predicted octanol–water partition coefficient (Wildman–Crippen LogP) is 0.907. The van der Waals surface area contributed by atoms with Crippen LogP contribution in [-0.2, 0) is 6.54 Å². The van der Waals surface area contributed by atoms with Crippen LogP contribution in [0.15, 0.2) is 18.2 Å². The number of rotatable bonds is 2. The molecular formula is C14H15FN4O. The summed E-state index contributed by atoms with van der Waals surface area (Å²) in [5, 5.41) is 12.1. The molecule has 1 aromatic rings. The van der Waals surface area contributed by atoms with Crippen LogP contribution in [0.2, 0.25) is 0 Å². The van der Waals surface area contributed by atoms with Gasteiger partial charge >= 0.3 is 6.03 Å². The summed E-state index contributed by atoms with van der Waals surface area (Å²) in [6, 6.07) is 6.66. The molecule has 0 saturated carbocycles. The molecule has 1 unspecified atom stereocenters. The van der Waals surface area contributed by atoms with Gasteiger partial charge in [0, 0.05) is 31.7 Å². The number of piperazine rings is 1. The molecule has 1 aromatic carbocycles. The van der Waals surface area contributed by atoms with E-state index < -0.39 is 5.82 Å². The standard InChI is InChI=1S/C14H15FN4O/c15-13-10(6-16)2-1-3-11(13)8-18-9-12-7-17-4-5-19(12)14(18)20/h1-3,12,17H,4-5,7-9H2. The van der Waals surface area contributed by atoms with Crippen molar-refractivity contribution in [1.82, 2.24) is 15.1 Å². The molecule has 2 amide bonds. The second-order valence-corrected chi connectivity index (χ2v) is 5.10. The number of urea groups is 1. The van der Waals surface area contributed by atoms with E-state index in [0.717, 1.165) is 13.1 Å². The Kier molecular flexibility index (Phi) is 3.28. The molecule has 2 saturated heterocycles. The fourth-order valence-electron chi connectivity index (χ4n) is 2.82. The minimum Gasteiger partial charge on any atom is -0.318 e. The van der Waals surface area contributed by atoms with Gasteiger partial charge < -0.3 is 15.1 Å². The first-order valence-electron chi connectivity index (χ1n) is 6.64. The minimum atomic E-state index is -0.522. The van der Waals surface area contributed by atoms with Crippen molar-refractivity contribution in [1.29, 1.82) is 5.26 Å². The number of fused-ring (bicyclic) bond motifs is 1. The first kappa shape index (κ1) is 12.9. The lowest BCUT2D eigenvalue weighted by atomic mass is 10.1. The van der Waals surface area contributed by atoms with Crippen molar-refractivity contribution < 1.29 is 9.18 Å². The van der Waals surface area contributed by atoms with Crippen LogP contribution in [0, 0.1) is 17.1 Å². The third-order valence-electron chi connectivity index (χ3n) is 3.86. The number of amides is 2. The van der Waals surface area contributed by atoms with Gasteiger partial charge in [0.25, 0.3) is 0 Å². The van der Waals surface area contributed by atoms with E-state index in [1.54, 1.807) is 17.0 Å². The number of hydrogen-bond donors (Lipinski definition) is 1. The van der Waals surface area contributed by atoms with Crippen molar-refractivity contribution in [2.24, 2.45) is 0 Å². The van der Waals surface area contributed by atoms with E-state index in [0.29, 0.717) is 18.7 Å². The summed E-state index contributed by atoms with van der Waals surface area (Å²) < 4.78 is 14.0. The van der Waals surface area contributed by atoms with Crippen LogP contribution < -0.4 is 5.32 Å². The second kappa shape index (κ2) is 5.10. The lowest BCUT2D eigenvalue weighted by Crippen LogP contribution is -2.49. The van der Waals surface area contributed by atoms with Crippen LogP contribution in [0.25, 0.3) is 0 Å². The molecule has 2 fully saturated rings. The van der Waals surface area contributed by atoms with Gasteiger partial charge in [0.15, 0.2) is 0 Å². The van der Waals surface area contributed by atoms with Crippen molar-refractivity contribution >= 4 is 6.03 Å². The molecule has 20 heavy (non-hydrogen) atoms. The first-order chi connectivity index (χ1) is 9.70. The summed E-state index contributed by atoms with van der Waals surface area (Å²) in [6.07, 6.45) is 0. The number of halogens is 1. The summed E-state index contributed by atoms with van der Waals surface area (Å²) in [4.78, 5) is 15.7. The monoisotopic (exact) mass is 274 g/mol. The van der Waals surface area contributed by atoms with E-state index in [-0.39, 0.29) is 24.2 Å². The number of carbonyl (C=O) groups is 1. The molecule has 3 rings (SSSR count). The highest BCUT2D eigenvalue weighted by atomic mass is 19.1. The highest BCUT2D eigenvalue weighted by Gasteiger charge is 2.38. The molecule has 0 aliphatic carbocycles. The fourth-order valence-corrected chi connectivity index (χ4v) is 2.82. The van der Waals surface area contributed by atoms with Gasteiger partial charge in [-0.2, -0.15) is 5.26 Å². The zero-order chi connectivity index (χ0) is 14.1. The van der Waals surface area contributed by atoms with E-state index in [1.807, 2.05) is 11.0 Å². The molecule has 1 N–H and O–H groups in total. The van der Waals surface area contributed by atoms with Crippen LogP contribution in [0.4, 0.5) is 9.18 Å². The second-order valence-electron chi connectivity index (χ2n) is 5.10. The minimum absolute atomic E-state index is 0.0218. The predicted molar refractivity (Wildman–Crippen MR) is 70.3 cm³/mol. The molecule has 6 heteroatoms. The van der Waals surface area contributed by atoms with Crippen LogP contribution >= 0.6 is 0 Å². The third kappa shape index (κ3) is 2.10. The largest absolute Gasteiger partial charge is 0.320 e. The molecule has 0 aromatic heterocycles. The molecule has 1 atom stereocenters. The summed E-state index contributed by atoms with van der Waals surface area (Å²) in [7, 11) is 0. The van der Waals surface area contributed by atoms with Gasteiger partial charge in [-0.15, -0.1) is 0 Å². The van der Waals surface area contributed by atoms with Gasteiger partial charge in [-0.25, -0.2) is 9.18 Å². The van der Waals surface area contributed by atoms with Gasteiger partial charge in [-0.3, -0.25) is 0 Å². The van der Waals surface area contributed by atoms with Gasteiger partial charge in [-0.1, -0.05) is 12.1 Å². The van der Waals surface area contributed by atoms with Crippen LogP contribution in [0.3, 0.4) is 0 Å². The Morgan fingerprint density at radius 3 is 3.10 bits per heavy atom. The molecule has 5 nitrogen and oxygen atoms in total. The Balaban J connectivity index is 1.79. The summed E-state index contributed by atoms with van der Waals surface area (Å²) in [5.74, 6) is -0.522. The van der Waals surface area contributed by atoms with Crippen molar-refractivity contribution in [3.8, 4) is 6.07 Å². The molecule has 0 bridgehead atoms. The Morgan fingerprint density at radius 1 is 1.50 bits per heavy atom. The summed E-state index contributed by atoms with van der Waals surface area (Å²) >= 11 is 0. The molecule has 0 radical (unpaired) electrons. The molecular weight excluding hydrogens is 259 g/mol. The average Bonchev–Trinajstić information content (AvgIpc) is 2.78. The Labute approximate surface area is 116 Å². The lowest BCUT2D eigenvalue weighted by molar-refractivity contribution is 0.178. The smallest absolute Gasteiger partial charge is 0.318 e. The topological polar surface area (TPSA) is 59.4 Å². The van der Waals surface area contributed by atoms with Gasteiger partial charge in [0.05, 0.1) is 18.2 Å². The average molecular weight is 274 g/mol. The van der Waals surface area contributed by atoms with Gasteiger partial charge in [0.2, 0.25) is 0 Å². The van der Waals surface area contributed by atoms with E-state index in [9.17, 15) is 9.18 Å². The SMILES string of the molecule is N#Cc1cccc(CN2CC3CNCCN3C2=O)c1F. The lowest BCUT2D eigenvalue weighted by Gasteiger charge is -2.28. The molecule has 104 valence electrons. The Hall–Kier alpha value is -2.13. The number of hydrogen-bond acceptors (Lipinski definition) is 3. The molecule has 2 heterocycles. The molecule has 2 aliphatic heterocycles. The fraction of sp³-hybridized carbons (Fsp3) is 0.429. The number of benzene rings is 1. The molecule has 2 aliphatic rings. The van der Waals surface area contributed by atoms with Gasteiger partial charge in [-0.05, 0) is 6.07 Å². The maximum absolute atomic E-state index is 14.0. The van der Waals surface area contributed by atoms with Crippen molar-refractivity contribution in [3.05, 3.63) is 35.1 Å². The Bertz CT molecular complexity index is 583. The zero-order valence-corrected chi connectivity index (χ0v) is 11.0. The number of nitrogens with one attached hydrogen (secondary N) is 1. The van der Waals surface area contributed by atoms with Crippen LogP contribution in [-0.4, -0.2) is 48.1 Å².